The molecule has 0 bridgehead atoms. The highest BCUT2D eigenvalue weighted by Crippen LogP contribution is 2.33. The Morgan fingerprint density at radius 1 is 1.00 bits per heavy atom. The smallest absolute Gasteiger partial charge is 0.300 e. The van der Waals surface area contributed by atoms with Gasteiger partial charge in [0, 0.05) is 43.6 Å². The minimum Gasteiger partial charge on any atom is -0.497 e. The van der Waals surface area contributed by atoms with E-state index < -0.39 is 10.0 Å². The molecule has 0 saturated heterocycles. The largest absolute Gasteiger partial charge is 0.497 e. The molecule has 0 radical (unpaired) electrons. The van der Waals surface area contributed by atoms with Crippen molar-refractivity contribution in [3.63, 3.8) is 0 Å². The zero-order chi connectivity index (χ0) is 27.0. The number of amides is 1. The molecule has 0 N–H and O–H groups in total. The number of hydrogen-bond donors (Lipinski definition) is 0. The average Bonchev–Trinajstić information content (AvgIpc) is 3.32. The zero-order valence-corrected chi connectivity index (χ0v) is 22.1. The summed E-state index contributed by atoms with van der Waals surface area (Å²) in [6, 6.07) is 14.6. The number of aromatic nitrogens is 2. The van der Waals surface area contributed by atoms with Crippen LogP contribution in [0.25, 0.3) is 10.5 Å². The van der Waals surface area contributed by atoms with Crippen molar-refractivity contribution >= 4 is 39.1 Å². The predicted octanol–water partition coefficient (Wildman–Crippen LogP) is 3.09. The van der Waals surface area contributed by atoms with Gasteiger partial charge in [-0.3, -0.25) is 9.79 Å². The number of guanidine groups is 1. The van der Waals surface area contributed by atoms with Gasteiger partial charge in [-0.2, -0.15) is 4.68 Å². The second-order valence-corrected chi connectivity index (χ2v) is 11.0. The summed E-state index contributed by atoms with van der Waals surface area (Å²) < 4.78 is 32.2. The molecule has 0 aliphatic carbocycles. The molecule has 0 atom stereocenters. The van der Waals surface area contributed by atoms with Gasteiger partial charge in [0.2, 0.25) is 16.0 Å². The van der Waals surface area contributed by atoms with Gasteiger partial charge in [-0.15, -0.1) is 0 Å². The maximum atomic E-state index is 13.7. The molecule has 196 valence electrons. The highest BCUT2D eigenvalue weighted by atomic mass is 32.2. The highest BCUT2D eigenvalue weighted by Gasteiger charge is 2.35. The minimum atomic E-state index is -3.46. The lowest BCUT2D eigenvalue weighted by molar-refractivity contribution is 0.0973. The molecule has 2 aliphatic heterocycles. The van der Waals surface area contributed by atoms with Crippen LogP contribution in [0.4, 0.5) is 17.2 Å². The van der Waals surface area contributed by atoms with Crippen molar-refractivity contribution in [3.8, 4) is 11.4 Å². The first-order chi connectivity index (χ1) is 18.2. The Bertz CT molecular complexity index is 1550. The minimum absolute atomic E-state index is 0.228. The van der Waals surface area contributed by atoms with Gasteiger partial charge >= 0.3 is 0 Å². The number of ether oxygens (including phenoxy) is 1. The lowest BCUT2D eigenvalue weighted by Crippen LogP contribution is -2.47. The van der Waals surface area contributed by atoms with Crippen LogP contribution in [0.1, 0.15) is 22.5 Å². The lowest BCUT2D eigenvalue weighted by atomic mass is 10.0. The summed E-state index contributed by atoms with van der Waals surface area (Å²) in [6.07, 6.45) is 2.45. The Morgan fingerprint density at radius 2 is 1.63 bits per heavy atom. The molecule has 5 rings (SSSR count). The van der Waals surface area contributed by atoms with Crippen LogP contribution in [-0.4, -0.2) is 74.4 Å². The fourth-order valence-corrected chi connectivity index (χ4v) is 5.11. The Hall–Kier alpha value is -4.37. The van der Waals surface area contributed by atoms with Gasteiger partial charge in [-0.05, 0) is 66.5 Å². The van der Waals surface area contributed by atoms with Gasteiger partial charge in [0.25, 0.3) is 11.7 Å². The SMILES string of the molecule is [C-]#[N+]c1nn(-c2ccc(OC)cc2)c2c1CCN(c1ccc(N3CCCN=C3N(C)S(C)(=O)=O)cc1)C2=O. The van der Waals surface area contributed by atoms with Crippen molar-refractivity contribution in [1.82, 2.24) is 14.1 Å². The monoisotopic (exact) mass is 533 g/mol. The first-order valence-electron chi connectivity index (χ1n) is 12.0. The summed E-state index contributed by atoms with van der Waals surface area (Å²) in [5, 5.41) is 4.44. The average molecular weight is 534 g/mol. The third kappa shape index (κ3) is 4.45. The van der Waals surface area contributed by atoms with Crippen molar-refractivity contribution in [2.45, 2.75) is 12.8 Å². The maximum Gasteiger partial charge on any atom is 0.300 e. The molecule has 0 unspecified atom stereocenters. The van der Waals surface area contributed by atoms with E-state index in [-0.39, 0.29) is 11.7 Å². The topological polar surface area (TPSA) is 105 Å². The van der Waals surface area contributed by atoms with Gasteiger partial charge in [0.15, 0.2) is 0 Å². The Balaban J connectivity index is 1.45. The number of rotatable bonds is 5. The lowest BCUT2D eigenvalue weighted by Gasteiger charge is -2.34. The molecule has 1 aromatic heterocycles. The van der Waals surface area contributed by atoms with Gasteiger partial charge in [-0.1, -0.05) is 6.57 Å². The van der Waals surface area contributed by atoms with E-state index in [0.29, 0.717) is 60.4 Å². The van der Waals surface area contributed by atoms with E-state index >= 15 is 0 Å². The Kier molecular flexibility index (Phi) is 6.54. The van der Waals surface area contributed by atoms with E-state index in [1.165, 1.54) is 16.0 Å². The standard InChI is InChI=1S/C26H27N7O4S/c1-27-24-22-14-17-31(25(34)23(22)33(29-24)20-10-12-21(37-3)13-11-20)18-6-8-19(9-7-18)32-16-5-15-28-26(32)30(2)38(4,35)36/h6-13H,5,14-17H2,2-4H3. The van der Waals surface area contributed by atoms with Crippen LogP contribution in [0, 0.1) is 6.57 Å². The number of nitrogens with zero attached hydrogens (tertiary/aromatic N) is 7. The number of hydrogen-bond acceptors (Lipinski definition) is 7. The number of methoxy groups -OCH3 is 1. The Morgan fingerprint density at radius 3 is 2.24 bits per heavy atom. The second kappa shape index (κ2) is 9.83. The maximum absolute atomic E-state index is 13.7. The van der Waals surface area contributed by atoms with E-state index in [4.69, 9.17) is 11.3 Å². The number of benzene rings is 2. The molecule has 3 heterocycles. The van der Waals surface area contributed by atoms with Gasteiger partial charge in [-0.25, -0.2) is 12.7 Å². The fraction of sp³-hybridized carbons (Fsp3) is 0.308. The van der Waals surface area contributed by atoms with Crippen LogP contribution < -0.4 is 14.5 Å². The van der Waals surface area contributed by atoms with Crippen LogP contribution in [0.5, 0.6) is 5.75 Å². The molecular formula is C26H27N7O4S. The third-order valence-electron chi connectivity index (χ3n) is 6.70. The molecule has 11 nitrogen and oxygen atoms in total. The molecule has 0 saturated carbocycles. The van der Waals surface area contributed by atoms with Crippen molar-refractivity contribution in [1.29, 1.82) is 0 Å². The van der Waals surface area contributed by atoms with Crippen LogP contribution >= 0.6 is 0 Å². The number of carbonyl (C=O) groups excluding carboxylic acids is 1. The number of aliphatic imine (C=N–C) groups is 1. The van der Waals surface area contributed by atoms with E-state index in [2.05, 4.69) is 14.9 Å². The van der Waals surface area contributed by atoms with Gasteiger partial charge < -0.3 is 19.4 Å². The first kappa shape index (κ1) is 25.3. The van der Waals surface area contributed by atoms with E-state index in [0.717, 1.165) is 18.4 Å². The van der Waals surface area contributed by atoms with E-state index in [1.807, 2.05) is 29.2 Å². The van der Waals surface area contributed by atoms with Crippen molar-refractivity contribution in [3.05, 3.63) is 71.2 Å². The molecule has 1 amide bonds. The normalized spacial score (nSPS) is 15.5. The molecule has 0 spiro atoms. The number of sulfonamides is 1. The summed E-state index contributed by atoms with van der Waals surface area (Å²) in [5.74, 6) is 1.04. The molecule has 3 aromatic rings. The van der Waals surface area contributed by atoms with Crippen LogP contribution in [-0.2, 0) is 16.4 Å². The summed E-state index contributed by atoms with van der Waals surface area (Å²) in [4.78, 5) is 25.3. The van der Waals surface area contributed by atoms with Crippen LogP contribution in [0.2, 0.25) is 0 Å². The summed E-state index contributed by atoms with van der Waals surface area (Å²) in [7, 11) is -0.389. The number of anilines is 2. The fourth-order valence-electron chi connectivity index (χ4n) is 4.66. The van der Waals surface area contributed by atoms with Gasteiger partial charge in [0.1, 0.15) is 11.4 Å². The van der Waals surface area contributed by atoms with E-state index in [1.54, 1.807) is 36.3 Å². The molecule has 0 fully saturated rings. The van der Waals surface area contributed by atoms with Gasteiger partial charge in [0.05, 0.1) is 19.1 Å². The molecular weight excluding hydrogens is 506 g/mol. The number of carbonyl (C=O) groups is 1. The quantitative estimate of drug-likeness (QED) is 0.467. The molecule has 12 heteroatoms. The highest BCUT2D eigenvalue weighted by molar-refractivity contribution is 7.88. The Labute approximate surface area is 221 Å². The van der Waals surface area contributed by atoms with Crippen molar-refractivity contribution in [2.24, 2.45) is 4.99 Å². The van der Waals surface area contributed by atoms with Crippen molar-refractivity contribution in [2.75, 3.05) is 49.8 Å². The number of fused-ring (bicyclic) bond motifs is 1. The van der Waals surface area contributed by atoms with Crippen LogP contribution in [0.15, 0.2) is 53.5 Å². The molecule has 2 aromatic carbocycles. The summed E-state index contributed by atoms with van der Waals surface area (Å²) in [6.45, 7) is 9.16. The summed E-state index contributed by atoms with van der Waals surface area (Å²) in [5.41, 5.74) is 3.16. The zero-order valence-electron chi connectivity index (χ0n) is 21.3. The third-order valence-corrected chi connectivity index (χ3v) is 7.86. The molecule has 2 aliphatic rings. The summed E-state index contributed by atoms with van der Waals surface area (Å²) >= 11 is 0. The van der Waals surface area contributed by atoms with Crippen molar-refractivity contribution < 1.29 is 17.9 Å². The van der Waals surface area contributed by atoms with Crippen LogP contribution in [0.3, 0.4) is 0 Å². The first-order valence-corrected chi connectivity index (χ1v) is 13.9. The van der Waals surface area contributed by atoms with E-state index in [9.17, 15) is 13.2 Å². The second-order valence-electron chi connectivity index (χ2n) is 9.01. The predicted molar refractivity (Wildman–Crippen MR) is 145 cm³/mol. The molecule has 38 heavy (non-hydrogen) atoms.